The number of nitrogens with one attached hydrogen (secondary N) is 1. The van der Waals surface area contributed by atoms with Gasteiger partial charge in [-0.25, -0.2) is 9.59 Å². The van der Waals surface area contributed by atoms with Gasteiger partial charge in [-0.05, 0) is 46.5 Å². The monoisotopic (exact) mass is 315 g/mol. The summed E-state index contributed by atoms with van der Waals surface area (Å²) in [6.45, 7) is 5.00. The molecule has 126 valence electrons. The molecule has 7 heteroatoms. The first-order valence-electron chi connectivity index (χ1n) is 7.59. The maximum absolute atomic E-state index is 11.8. The zero-order valence-electron chi connectivity index (χ0n) is 13.4. The maximum Gasteiger partial charge on any atom is 0.408 e. The summed E-state index contributed by atoms with van der Waals surface area (Å²) in [5, 5.41) is 11.3. The summed E-state index contributed by atoms with van der Waals surface area (Å²) in [5.74, 6) is -1.91. The molecule has 0 aliphatic heterocycles. The molecule has 1 rings (SSSR count). The second-order valence-corrected chi connectivity index (χ2v) is 6.49. The van der Waals surface area contributed by atoms with Gasteiger partial charge in [0.2, 0.25) is 0 Å². The third kappa shape index (κ3) is 7.28. The highest BCUT2D eigenvalue weighted by molar-refractivity contribution is 5.85. The van der Waals surface area contributed by atoms with E-state index in [1.54, 1.807) is 20.8 Å². The normalized spacial score (nSPS) is 17.4. The Morgan fingerprint density at radius 2 is 1.77 bits per heavy atom. The second-order valence-electron chi connectivity index (χ2n) is 6.49. The molecular formula is C15H25NO6. The molecule has 0 spiro atoms. The minimum atomic E-state index is -1.36. The number of carboxylic acids is 1. The number of alkyl carbamates (subject to hydrolysis) is 1. The van der Waals surface area contributed by atoms with Crippen molar-refractivity contribution in [1.29, 1.82) is 0 Å². The van der Waals surface area contributed by atoms with Gasteiger partial charge >= 0.3 is 18.0 Å². The molecule has 0 radical (unpaired) electrons. The molecule has 1 fully saturated rings. The van der Waals surface area contributed by atoms with Crippen molar-refractivity contribution in [2.75, 3.05) is 0 Å². The summed E-state index contributed by atoms with van der Waals surface area (Å²) in [5.41, 5.74) is -0.740. The summed E-state index contributed by atoms with van der Waals surface area (Å²) < 4.78 is 10.2. The third-order valence-electron chi connectivity index (χ3n) is 3.21. The minimum Gasteiger partial charge on any atom is -0.480 e. The minimum absolute atomic E-state index is 0.141. The number of rotatable bonds is 5. The van der Waals surface area contributed by atoms with Gasteiger partial charge in [0.1, 0.15) is 17.7 Å². The second kappa shape index (κ2) is 8.00. The van der Waals surface area contributed by atoms with E-state index in [0.717, 1.165) is 32.1 Å². The fourth-order valence-corrected chi connectivity index (χ4v) is 2.23. The number of carbonyl (C=O) groups excluding carboxylic acids is 2. The van der Waals surface area contributed by atoms with E-state index in [1.807, 2.05) is 0 Å². The van der Waals surface area contributed by atoms with Crippen LogP contribution in [0.15, 0.2) is 0 Å². The summed E-state index contributed by atoms with van der Waals surface area (Å²) >= 11 is 0. The fraction of sp³-hybridized carbons (Fsp3) is 0.800. The van der Waals surface area contributed by atoms with Gasteiger partial charge in [0.25, 0.3) is 0 Å². The van der Waals surface area contributed by atoms with Crippen LogP contribution in [0.2, 0.25) is 0 Å². The SMILES string of the molecule is CC(C)(C)OC(=O)NC(CC(=O)OC1CCCCC1)C(=O)O. The quantitative estimate of drug-likeness (QED) is 0.754. The third-order valence-corrected chi connectivity index (χ3v) is 3.21. The maximum atomic E-state index is 11.8. The summed E-state index contributed by atoms with van der Waals surface area (Å²) in [6.07, 6.45) is 3.35. The Morgan fingerprint density at radius 3 is 2.27 bits per heavy atom. The first kappa shape index (κ1) is 18.3. The average molecular weight is 315 g/mol. The molecule has 0 aromatic heterocycles. The Kier molecular flexibility index (Phi) is 6.64. The van der Waals surface area contributed by atoms with Gasteiger partial charge < -0.3 is 19.9 Å². The van der Waals surface area contributed by atoms with Crippen LogP contribution < -0.4 is 5.32 Å². The van der Waals surface area contributed by atoms with E-state index in [2.05, 4.69) is 5.32 Å². The van der Waals surface area contributed by atoms with Gasteiger partial charge in [-0.15, -0.1) is 0 Å². The van der Waals surface area contributed by atoms with Crippen molar-refractivity contribution in [2.24, 2.45) is 0 Å². The largest absolute Gasteiger partial charge is 0.480 e. The predicted molar refractivity (Wildman–Crippen MR) is 78.4 cm³/mol. The van der Waals surface area contributed by atoms with Gasteiger partial charge in [-0.1, -0.05) is 6.42 Å². The topological polar surface area (TPSA) is 102 Å². The zero-order valence-corrected chi connectivity index (χ0v) is 13.4. The number of ether oxygens (including phenoxy) is 2. The molecule has 0 aromatic rings. The Bertz CT molecular complexity index is 409. The molecule has 1 saturated carbocycles. The highest BCUT2D eigenvalue weighted by atomic mass is 16.6. The smallest absolute Gasteiger partial charge is 0.408 e. The zero-order chi connectivity index (χ0) is 16.8. The molecule has 2 N–H and O–H groups in total. The molecule has 0 bridgehead atoms. The molecule has 0 aromatic carbocycles. The van der Waals surface area contributed by atoms with Crippen molar-refractivity contribution < 1.29 is 29.0 Å². The van der Waals surface area contributed by atoms with Crippen molar-refractivity contribution in [1.82, 2.24) is 5.32 Å². The predicted octanol–water partition coefficient (Wildman–Crippen LogP) is 2.23. The van der Waals surface area contributed by atoms with E-state index < -0.39 is 36.1 Å². The van der Waals surface area contributed by atoms with Crippen molar-refractivity contribution in [3.8, 4) is 0 Å². The molecule has 1 aliphatic rings. The molecule has 7 nitrogen and oxygen atoms in total. The van der Waals surface area contributed by atoms with Crippen LogP contribution in [0.5, 0.6) is 0 Å². The van der Waals surface area contributed by atoms with Gasteiger partial charge in [-0.3, -0.25) is 4.79 Å². The first-order chi connectivity index (χ1) is 10.2. The Balaban J connectivity index is 2.47. The van der Waals surface area contributed by atoms with E-state index >= 15 is 0 Å². The van der Waals surface area contributed by atoms with Crippen LogP contribution in [0.3, 0.4) is 0 Å². The van der Waals surface area contributed by atoms with E-state index in [1.165, 1.54) is 0 Å². The molecule has 22 heavy (non-hydrogen) atoms. The number of hydrogen-bond acceptors (Lipinski definition) is 5. The molecule has 0 saturated heterocycles. The molecule has 1 amide bonds. The molecule has 1 unspecified atom stereocenters. The first-order valence-corrected chi connectivity index (χ1v) is 7.59. The van der Waals surface area contributed by atoms with E-state index in [0.29, 0.717) is 0 Å². The lowest BCUT2D eigenvalue weighted by atomic mass is 9.98. The highest BCUT2D eigenvalue weighted by Crippen LogP contribution is 2.20. The van der Waals surface area contributed by atoms with Crippen molar-refractivity contribution >= 4 is 18.0 Å². The summed E-state index contributed by atoms with van der Waals surface area (Å²) in [4.78, 5) is 34.6. The van der Waals surface area contributed by atoms with Crippen molar-refractivity contribution in [3.05, 3.63) is 0 Å². The van der Waals surface area contributed by atoms with Gasteiger partial charge in [0, 0.05) is 0 Å². The molecule has 1 aliphatic carbocycles. The van der Waals surface area contributed by atoms with Crippen LogP contribution in [0.1, 0.15) is 59.3 Å². The number of carboxylic acid groups (broad SMARTS) is 1. The fourth-order valence-electron chi connectivity index (χ4n) is 2.23. The number of esters is 1. The van der Waals surface area contributed by atoms with Crippen molar-refractivity contribution in [3.63, 3.8) is 0 Å². The number of carbonyl (C=O) groups is 3. The van der Waals surface area contributed by atoms with Gasteiger partial charge in [0.05, 0.1) is 6.42 Å². The summed E-state index contributed by atoms with van der Waals surface area (Å²) in [6, 6.07) is -1.36. The summed E-state index contributed by atoms with van der Waals surface area (Å²) in [7, 11) is 0. The Hall–Kier alpha value is -1.79. The van der Waals surface area contributed by atoms with Crippen LogP contribution in [0.25, 0.3) is 0 Å². The number of aliphatic carboxylic acids is 1. The molecule has 1 atom stereocenters. The lowest BCUT2D eigenvalue weighted by molar-refractivity contribution is -0.154. The van der Waals surface area contributed by atoms with Gasteiger partial charge in [-0.2, -0.15) is 0 Å². The van der Waals surface area contributed by atoms with Crippen molar-refractivity contribution in [2.45, 2.75) is 77.0 Å². The lowest BCUT2D eigenvalue weighted by Crippen LogP contribution is -2.45. The highest BCUT2D eigenvalue weighted by Gasteiger charge is 2.28. The number of hydrogen-bond donors (Lipinski definition) is 2. The standard InChI is InChI=1S/C15H25NO6/c1-15(2,3)22-14(20)16-11(13(18)19)9-12(17)21-10-7-5-4-6-8-10/h10-11H,4-9H2,1-3H3,(H,16,20)(H,18,19). The van der Waals surface area contributed by atoms with E-state index in [4.69, 9.17) is 14.6 Å². The molecule has 0 heterocycles. The van der Waals surface area contributed by atoms with E-state index in [9.17, 15) is 14.4 Å². The van der Waals surface area contributed by atoms with Crippen LogP contribution in [0.4, 0.5) is 4.79 Å². The number of amides is 1. The molecular weight excluding hydrogens is 290 g/mol. The Morgan fingerprint density at radius 1 is 1.18 bits per heavy atom. The van der Waals surface area contributed by atoms with Gasteiger partial charge in [0.15, 0.2) is 0 Å². The van der Waals surface area contributed by atoms with E-state index in [-0.39, 0.29) is 6.10 Å². The van der Waals surface area contributed by atoms with Crippen LogP contribution in [-0.4, -0.2) is 40.9 Å². The van der Waals surface area contributed by atoms with Crippen LogP contribution >= 0.6 is 0 Å². The van der Waals surface area contributed by atoms with Crippen LogP contribution in [0, 0.1) is 0 Å². The van der Waals surface area contributed by atoms with Crippen LogP contribution in [-0.2, 0) is 19.1 Å². The Labute approximate surface area is 130 Å². The average Bonchev–Trinajstić information content (AvgIpc) is 2.36. The lowest BCUT2D eigenvalue weighted by Gasteiger charge is -2.24.